The Hall–Kier alpha value is -1.54. The Balaban J connectivity index is 3.91. The molecule has 0 saturated carbocycles. The van der Waals surface area contributed by atoms with Gasteiger partial charge in [0.25, 0.3) is 0 Å². The van der Waals surface area contributed by atoms with Gasteiger partial charge in [0.2, 0.25) is 0 Å². The first kappa shape index (κ1) is 25.5. The van der Waals surface area contributed by atoms with Crippen molar-refractivity contribution in [3.63, 3.8) is 0 Å². The van der Waals surface area contributed by atoms with Gasteiger partial charge in [0.05, 0.1) is 0 Å². The standard InChI is InChI=1S/C14H5BrF14/c15-8-4-2-1-3-6(8)7(10(18,19)12(22,23)14(27,28)29)5-9(16,17)11(20,21)13(24,25)26/h1-5H/b7-5+. The highest BCUT2D eigenvalue weighted by Gasteiger charge is 2.76. The van der Waals surface area contributed by atoms with Crippen LogP contribution in [0, 0.1) is 0 Å². The Labute approximate surface area is 160 Å². The minimum Gasteiger partial charge on any atom is -0.195 e. The third-order valence-electron chi connectivity index (χ3n) is 3.35. The summed E-state index contributed by atoms with van der Waals surface area (Å²) in [6.07, 6.45) is -16.1. The van der Waals surface area contributed by atoms with Gasteiger partial charge in [-0.1, -0.05) is 34.1 Å². The molecule has 0 nitrogen and oxygen atoms in total. The number of alkyl halides is 14. The molecule has 0 aromatic heterocycles. The van der Waals surface area contributed by atoms with Gasteiger partial charge in [-0.25, -0.2) is 0 Å². The molecule has 0 unspecified atom stereocenters. The minimum atomic E-state index is -7.11. The second kappa shape index (κ2) is 7.30. The third-order valence-corrected chi connectivity index (χ3v) is 4.04. The maximum atomic E-state index is 14.0. The number of allylic oxidation sites excluding steroid dienone is 2. The van der Waals surface area contributed by atoms with E-state index in [1.54, 1.807) is 0 Å². The Morgan fingerprint density at radius 1 is 0.655 bits per heavy atom. The van der Waals surface area contributed by atoms with E-state index < -0.39 is 57.7 Å². The molecule has 0 aliphatic rings. The molecule has 1 rings (SSSR count). The van der Waals surface area contributed by atoms with E-state index in [0.717, 1.165) is 6.07 Å². The van der Waals surface area contributed by atoms with Gasteiger partial charge in [-0.3, -0.25) is 0 Å². The van der Waals surface area contributed by atoms with Crippen molar-refractivity contribution in [1.82, 2.24) is 0 Å². The molecule has 0 N–H and O–H groups in total. The highest BCUT2D eigenvalue weighted by atomic mass is 79.9. The fraction of sp³-hybridized carbons (Fsp3) is 0.429. The molecule has 0 saturated heterocycles. The number of benzene rings is 1. The van der Waals surface area contributed by atoms with Gasteiger partial charge in [0.1, 0.15) is 0 Å². The first-order valence-electron chi connectivity index (χ1n) is 6.74. The monoisotopic (exact) mass is 518 g/mol. The first-order valence-corrected chi connectivity index (χ1v) is 7.53. The number of rotatable bonds is 5. The fourth-order valence-electron chi connectivity index (χ4n) is 1.83. The summed E-state index contributed by atoms with van der Waals surface area (Å²) in [5, 5.41) is 0. The summed E-state index contributed by atoms with van der Waals surface area (Å²) < 4.78 is 181. The molecule has 0 fully saturated rings. The van der Waals surface area contributed by atoms with E-state index in [-0.39, 0.29) is 6.07 Å². The lowest BCUT2D eigenvalue weighted by atomic mass is 9.92. The summed E-state index contributed by atoms with van der Waals surface area (Å²) >= 11 is 2.35. The largest absolute Gasteiger partial charge is 0.460 e. The topological polar surface area (TPSA) is 0 Å². The lowest BCUT2D eigenvalue weighted by molar-refractivity contribution is -0.344. The molecule has 15 heteroatoms. The van der Waals surface area contributed by atoms with Crippen LogP contribution in [-0.2, 0) is 0 Å². The van der Waals surface area contributed by atoms with Crippen LogP contribution >= 0.6 is 15.9 Å². The van der Waals surface area contributed by atoms with Gasteiger partial charge in [-0.2, -0.15) is 61.5 Å². The van der Waals surface area contributed by atoms with Gasteiger partial charge in [-0.15, -0.1) is 0 Å². The summed E-state index contributed by atoms with van der Waals surface area (Å²) in [4.78, 5) is 0. The zero-order chi connectivity index (χ0) is 23.3. The summed E-state index contributed by atoms with van der Waals surface area (Å²) in [6, 6.07) is 2.48. The van der Waals surface area contributed by atoms with Crippen LogP contribution in [0.4, 0.5) is 61.5 Å². The molecule has 29 heavy (non-hydrogen) atoms. The van der Waals surface area contributed by atoms with Crippen LogP contribution < -0.4 is 0 Å². The van der Waals surface area contributed by atoms with Crippen molar-refractivity contribution in [3.8, 4) is 0 Å². The van der Waals surface area contributed by atoms with Crippen molar-refractivity contribution < 1.29 is 61.5 Å². The van der Waals surface area contributed by atoms with E-state index in [9.17, 15) is 61.5 Å². The van der Waals surface area contributed by atoms with Gasteiger partial charge in [-0.05, 0) is 11.6 Å². The summed E-state index contributed by atoms with van der Waals surface area (Å²) in [6.45, 7) is 0. The highest BCUT2D eigenvalue weighted by molar-refractivity contribution is 9.10. The molecule has 0 radical (unpaired) electrons. The molecule has 1 aromatic rings. The molecule has 0 heterocycles. The fourth-order valence-corrected chi connectivity index (χ4v) is 2.32. The van der Waals surface area contributed by atoms with Crippen LogP contribution in [0.5, 0.6) is 0 Å². The molecule has 0 spiro atoms. The van der Waals surface area contributed by atoms with E-state index >= 15 is 0 Å². The predicted octanol–water partition coefficient (Wildman–Crippen LogP) is 7.50. The zero-order valence-electron chi connectivity index (χ0n) is 13.1. The molecule has 0 atom stereocenters. The van der Waals surface area contributed by atoms with Gasteiger partial charge in [0.15, 0.2) is 0 Å². The molecule has 166 valence electrons. The van der Waals surface area contributed by atoms with Crippen LogP contribution in [-0.4, -0.2) is 36.0 Å². The zero-order valence-corrected chi connectivity index (χ0v) is 14.6. The van der Waals surface area contributed by atoms with Crippen LogP contribution in [0.25, 0.3) is 5.57 Å². The quantitative estimate of drug-likeness (QED) is 0.354. The van der Waals surface area contributed by atoms with Crippen molar-refractivity contribution in [3.05, 3.63) is 40.4 Å². The summed E-state index contributed by atoms with van der Waals surface area (Å²) in [5.74, 6) is -27.5. The summed E-state index contributed by atoms with van der Waals surface area (Å²) in [7, 11) is 0. The Morgan fingerprint density at radius 2 is 1.07 bits per heavy atom. The molecular formula is C14H5BrF14. The van der Waals surface area contributed by atoms with E-state index in [1.165, 1.54) is 0 Å². The minimum absolute atomic E-state index is 0.234. The maximum absolute atomic E-state index is 14.0. The van der Waals surface area contributed by atoms with Crippen LogP contribution in [0.1, 0.15) is 5.56 Å². The van der Waals surface area contributed by atoms with E-state index in [2.05, 4.69) is 15.9 Å². The molecular weight excluding hydrogens is 514 g/mol. The smallest absolute Gasteiger partial charge is 0.195 e. The first-order chi connectivity index (χ1) is 12.6. The van der Waals surface area contributed by atoms with E-state index in [0.29, 0.717) is 12.1 Å². The highest BCUT2D eigenvalue weighted by Crippen LogP contribution is 2.55. The van der Waals surface area contributed by atoms with Crippen LogP contribution in [0.15, 0.2) is 34.8 Å². The average molecular weight is 519 g/mol. The van der Waals surface area contributed by atoms with Gasteiger partial charge in [0, 0.05) is 16.1 Å². The van der Waals surface area contributed by atoms with Gasteiger partial charge < -0.3 is 0 Å². The van der Waals surface area contributed by atoms with Crippen molar-refractivity contribution in [1.29, 1.82) is 0 Å². The molecule has 0 bridgehead atoms. The van der Waals surface area contributed by atoms with Crippen molar-refractivity contribution in [2.45, 2.75) is 36.0 Å². The lowest BCUT2D eigenvalue weighted by Crippen LogP contribution is -2.54. The van der Waals surface area contributed by atoms with Crippen molar-refractivity contribution in [2.75, 3.05) is 0 Å². The Morgan fingerprint density at radius 3 is 1.45 bits per heavy atom. The Bertz CT molecular complexity index is 771. The normalized spacial score (nSPS) is 15.6. The van der Waals surface area contributed by atoms with E-state index in [1.807, 2.05) is 0 Å². The summed E-state index contributed by atoms with van der Waals surface area (Å²) in [5.41, 5.74) is -4.69. The number of halogens is 15. The van der Waals surface area contributed by atoms with Crippen LogP contribution in [0.2, 0.25) is 0 Å². The molecule has 0 aliphatic heterocycles. The molecule has 0 amide bonds. The second-order valence-corrected chi connectivity index (χ2v) is 6.23. The van der Waals surface area contributed by atoms with Crippen molar-refractivity contribution >= 4 is 21.5 Å². The van der Waals surface area contributed by atoms with Gasteiger partial charge >= 0.3 is 36.0 Å². The molecule has 0 aliphatic carbocycles. The maximum Gasteiger partial charge on any atom is 0.460 e. The third kappa shape index (κ3) is 4.33. The Kier molecular flexibility index (Phi) is 6.42. The predicted molar refractivity (Wildman–Crippen MR) is 74.0 cm³/mol. The second-order valence-electron chi connectivity index (χ2n) is 5.38. The number of hydrogen-bond donors (Lipinski definition) is 0. The van der Waals surface area contributed by atoms with E-state index in [4.69, 9.17) is 0 Å². The average Bonchev–Trinajstić information content (AvgIpc) is 2.50. The number of hydrogen-bond acceptors (Lipinski definition) is 0. The SMILES string of the molecule is FC(F)(F)C(F)(F)C(F)(F)/C=C(\c1ccccc1Br)C(F)(F)C(F)(F)C(F)(F)F. The van der Waals surface area contributed by atoms with Crippen molar-refractivity contribution in [2.24, 2.45) is 0 Å². The molecule has 1 aromatic carbocycles. The lowest BCUT2D eigenvalue weighted by Gasteiger charge is -2.32. The van der Waals surface area contributed by atoms with Crippen LogP contribution in [0.3, 0.4) is 0 Å².